The van der Waals surface area contributed by atoms with Crippen LogP contribution in [0, 0.1) is 5.92 Å². The number of esters is 1. The predicted octanol–water partition coefficient (Wildman–Crippen LogP) is 3.67. The average molecular weight is 437 g/mol. The molecule has 8 nitrogen and oxygen atoms in total. The largest absolute Gasteiger partial charge is 0.504 e. The highest BCUT2D eigenvalue weighted by atomic mass is 16.5. The summed E-state index contributed by atoms with van der Waals surface area (Å²) in [5, 5.41) is 10.1. The number of ether oxygens (including phenoxy) is 2. The van der Waals surface area contributed by atoms with Crippen LogP contribution in [-0.2, 0) is 14.3 Å². The van der Waals surface area contributed by atoms with Gasteiger partial charge in [0.15, 0.2) is 17.4 Å². The molecule has 0 fully saturated rings. The van der Waals surface area contributed by atoms with Crippen LogP contribution in [0.5, 0.6) is 11.5 Å². The topological polar surface area (TPSA) is 93.9 Å². The summed E-state index contributed by atoms with van der Waals surface area (Å²) in [6.45, 7) is 4.39. The molecular formula is C24H27N3O5. The highest BCUT2D eigenvalue weighted by Gasteiger charge is 2.47. The molecule has 1 aliphatic rings. The molecule has 1 amide bonds. The normalized spacial score (nSPS) is 18.0. The van der Waals surface area contributed by atoms with Gasteiger partial charge in [-0.2, -0.15) is 0 Å². The fraction of sp³-hybridized carbons (Fsp3) is 0.375. The van der Waals surface area contributed by atoms with Crippen molar-refractivity contribution in [3.05, 3.63) is 48.0 Å². The average Bonchev–Trinajstić information content (AvgIpc) is 3.17. The number of carbonyl (C=O) groups is 2. The second-order valence-electron chi connectivity index (χ2n) is 7.72. The summed E-state index contributed by atoms with van der Waals surface area (Å²) in [7, 11) is 1.46. The number of rotatable bonds is 7. The number of amides is 1. The van der Waals surface area contributed by atoms with Crippen LogP contribution < -0.4 is 9.64 Å². The van der Waals surface area contributed by atoms with Gasteiger partial charge in [0, 0.05) is 6.54 Å². The van der Waals surface area contributed by atoms with Crippen LogP contribution in [0.1, 0.15) is 38.3 Å². The Kier molecular flexibility index (Phi) is 6.03. The Bertz CT molecular complexity index is 1160. The molecule has 1 aromatic heterocycles. The number of benzene rings is 2. The quantitative estimate of drug-likeness (QED) is 0.448. The maximum Gasteiger partial charge on any atom is 0.321 e. The number of methoxy groups -OCH3 is 1. The highest BCUT2D eigenvalue weighted by Crippen LogP contribution is 2.43. The van der Waals surface area contributed by atoms with Crippen molar-refractivity contribution in [3.63, 3.8) is 0 Å². The number of anilines is 1. The first-order chi connectivity index (χ1) is 15.5. The lowest BCUT2D eigenvalue weighted by Gasteiger charge is -2.38. The van der Waals surface area contributed by atoms with E-state index in [1.165, 1.54) is 13.2 Å². The van der Waals surface area contributed by atoms with E-state index in [1.54, 1.807) is 24.0 Å². The molecule has 0 bridgehead atoms. The summed E-state index contributed by atoms with van der Waals surface area (Å²) in [6, 6.07) is 11.8. The molecule has 0 aliphatic carbocycles. The van der Waals surface area contributed by atoms with E-state index >= 15 is 0 Å². The Morgan fingerprint density at radius 1 is 1.19 bits per heavy atom. The van der Waals surface area contributed by atoms with Crippen molar-refractivity contribution >= 4 is 28.9 Å². The van der Waals surface area contributed by atoms with Crippen molar-refractivity contribution in [2.24, 2.45) is 5.92 Å². The Hall–Kier alpha value is -3.55. The van der Waals surface area contributed by atoms with Gasteiger partial charge in [-0.3, -0.25) is 14.5 Å². The Labute approximate surface area is 186 Å². The Morgan fingerprint density at radius 2 is 1.97 bits per heavy atom. The number of unbranched alkanes of at least 4 members (excludes halogenated alkanes) is 1. The number of carbonyl (C=O) groups excluding carboxylic acids is 2. The number of phenolic OH excluding ortho intramolecular Hbond substituents is 1. The molecule has 2 aromatic carbocycles. The van der Waals surface area contributed by atoms with Gasteiger partial charge in [0.05, 0.1) is 30.8 Å². The number of fused-ring (bicyclic) bond motifs is 3. The molecule has 3 aromatic rings. The molecule has 168 valence electrons. The molecule has 2 heterocycles. The van der Waals surface area contributed by atoms with E-state index in [0.29, 0.717) is 18.1 Å². The second-order valence-corrected chi connectivity index (χ2v) is 7.72. The molecule has 0 unspecified atom stereocenters. The minimum Gasteiger partial charge on any atom is -0.504 e. The number of aromatic nitrogens is 2. The van der Waals surface area contributed by atoms with E-state index in [-0.39, 0.29) is 24.0 Å². The van der Waals surface area contributed by atoms with E-state index in [4.69, 9.17) is 14.5 Å². The number of imidazole rings is 1. The monoisotopic (exact) mass is 437 g/mol. The standard InChI is InChI=1S/C24H27N3O5/c1-4-6-13-26-22(29)20(23(30)32-5-2)21(15-11-12-18(28)19(14-15)31-3)27-17-10-8-7-9-16(17)25-24(26)27/h7-12,14,20-21,28H,4-6,13H2,1-3H3/t20-,21-/m0/s1. The smallest absolute Gasteiger partial charge is 0.321 e. The number of hydrogen-bond acceptors (Lipinski definition) is 6. The number of phenols is 1. The van der Waals surface area contributed by atoms with Gasteiger partial charge >= 0.3 is 5.97 Å². The Balaban J connectivity index is 1.99. The van der Waals surface area contributed by atoms with Crippen LogP contribution in [0.3, 0.4) is 0 Å². The third kappa shape index (κ3) is 3.55. The molecule has 0 spiro atoms. The highest BCUT2D eigenvalue weighted by molar-refractivity contribution is 6.08. The number of nitrogens with zero attached hydrogens (tertiary/aromatic N) is 3. The fourth-order valence-corrected chi connectivity index (χ4v) is 4.25. The molecule has 0 saturated heterocycles. The van der Waals surface area contributed by atoms with Crippen molar-refractivity contribution in [3.8, 4) is 11.5 Å². The molecule has 4 rings (SSSR count). The minimum absolute atomic E-state index is 0.0219. The van der Waals surface area contributed by atoms with Crippen molar-refractivity contribution < 1.29 is 24.2 Å². The van der Waals surface area contributed by atoms with E-state index in [1.807, 2.05) is 35.8 Å². The van der Waals surface area contributed by atoms with Gasteiger partial charge in [0.2, 0.25) is 11.9 Å². The molecule has 1 aliphatic heterocycles. The van der Waals surface area contributed by atoms with Gasteiger partial charge in [-0.25, -0.2) is 4.98 Å². The minimum atomic E-state index is -1.09. The van der Waals surface area contributed by atoms with Gasteiger partial charge in [-0.1, -0.05) is 31.5 Å². The lowest BCUT2D eigenvalue weighted by Crippen LogP contribution is -2.50. The predicted molar refractivity (Wildman–Crippen MR) is 120 cm³/mol. The van der Waals surface area contributed by atoms with E-state index in [0.717, 1.165) is 23.9 Å². The zero-order valence-corrected chi connectivity index (χ0v) is 18.4. The summed E-state index contributed by atoms with van der Waals surface area (Å²) >= 11 is 0. The SMILES string of the molecule is CCCCN1C(=O)[C@@H](C(=O)OCC)[C@H](c2ccc(O)c(OC)c2)n2c1nc1ccccc12. The first-order valence-corrected chi connectivity index (χ1v) is 10.8. The molecular weight excluding hydrogens is 410 g/mol. The maximum absolute atomic E-state index is 13.7. The molecule has 0 radical (unpaired) electrons. The van der Waals surface area contributed by atoms with Crippen LogP contribution in [-0.4, -0.2) is 46.8 Å². The van der Waals surface area contributed by atoms with Crippen LogP contribution >= 0.6 is 0 Å². The molecule has 2 atom stereocenters. The molecule has 1 N–H and O–H groups in total. The first kappa shape index (κ1) is 21.7. The van der Waals surface area contributed by atoms with Crippen LogP contribution in [0.2, 0.25) is 0 Å². The van der Waals surface area contributed by atoms with Crippen LogP contribution in [0.15, 0.2) is 42.5 Å². The molecule has 0 saturated carbocycles. The maximum atomic E-state index is 13.7. The van der Waals surface area contributed by atoms with Gasteiger partial charge in [-0.05, 0) is 43.2 Å². The number of para-hydroxylation sites is 2. The third-order valence-corrected chi connectivity index (χ3v) is 5.77. The zero-order chi connectivity index (χ0) is 22.8. The van der Waals surface area contributed by atoms with Crippen LogP contribution in [0.25, 0.3) is 11.0 Å². The summed E-state index contributed by atoms with van der Waals surface area (Å²) in [6.07, 6.45) is 1.68. The van der Waals surface area contributed by atoms with Gasteiger partial charge in [-0.15, -0.1) is 0 Å². The third-order valence-electron chi connectivity index (χ3n) is 5.77. The fourth-order valence-electron chi connectivity index (χ4n) is 4.25. The number of hydrogen-bond donors (Lipinski definition) is 1. The van der Waals surface area contributed by atoms with Crippen molar-refractivity contribution in [2.75, 3.05) is 25.2 Å². The van der Waals surface area contributed by atoms with Crippen LogP contribution in [0.4, 0.5) is 5.95 Å². The summed E-state index contributed by atoms with van der Waals surface area (Å²) in [5.74, 6) is -1.27. The lowest BCUT2D eigenvalue weighted by atomic mass is 9.89. The van der Waals surface area contributed by atoms with E-state index < -0.39 is 17.9 Å². The second kappa shape index (κ2) is 8.90. The summed E-state index contributed by atoms with van der Waals surface area (Å²) in [5.41, 5.74) is 2.19. The zero-order valence-electron chi connectivity index (χ0n) is 18.4. The Morgan fingerprint density at radius 3 is 2.69 bits per heavy atom. The number of aromatic hydroxyl groups is 1. The van der Waals surface area contributed by atoms with E-state index in [2.05, 4.69) is 0 Å². The lowest BCUT2D eigenvalue weighted by molar-refractivity contribution is -0.153. The summed E-state index contributed by atoms with van der Waals surface area (Å²) in [4.78, 5) is 33.1. The molecule has 32 heavy (non-hydrogen) atoms. The summed E-state index contributed by atoms with van der Waals surface area (Å²) < 4.78 is 12.6. The van der Waals surface area contributed by atoms with Crippen molar-refractivity contribution in [2.45, 2.75) is 32.7 Å². The first-order valence-electron chi connectivity index (χ1n) is 10.8. The molecule has 8 heteroatoms. The van der Waals surface area contributed by atoms with Crippen molar-refractivity contribution in [1.29, 1.82) is 0 Å². The van der Waals surface area contributed by atoms with Gasteiger partial charge in [0.1, 0.15) is 0 Å². The van der Waals surface area contributed by atoms with Crippen molar-refractivity contribution in [1.82, 2.24) is 9.55 Å². The van der Waals surface area contributed by atoms with Gasteiger partial charge < -0.3 is 19.1 Å². The van der Waals surface area contributed by atoms with Gasteiger partial charge in [0.25, 0.3) is 0 Å². The van der Waals surface area contributed by atoms with E-state index in [9.17, 15) is 14.7 Å².